The molecule has 1 heterocycles. The average Bonchev–Trinajstić information content (AvgIpc) is 2.90. The maximum absolute atomic E-state index is 12.2. The van der Waals surface area contributed by atoms with E-state index in [4.69, 9.17) is 5.11 Å². The minimum Gasteiger partial charge on any atom is -0.468 e. The lowest BCUT2D eigenvalue weighted by molar-refractivity contribution is -0.139. The number of aliphatic hydroxyl groups excluding tert-OH is 1. The van der Waals surface area contributed by atoms with Gasteiger partial charge >= 0.3 is 5.97 Å². The fourth-order valence-corrected chi connectivity index (χ4v) is 3.53. The van der Waals surface area contributed by atoms with E-state index < -0.39 is 21.2 Å². The lowest BCUT2D eigenvalue weighted by atomic mass is 10.3. The van der Waals surface area contributed by atoms with E-state index >= 15 is 0 Å². The summed E-state index contributed by atoms with van der Waals surface area (Å²) in [6.45, 7) is 1.21. The molecule has 1 atom stereocenters. The third-order valence-electron chi connectivity index (χ3n) is 2.76. The fourth-order valence-electron chi connectivity index (χ4n) is 1.56. The molecule has 0 spiro atoms. The number of methoxy groups -OCH3 is 1. The standard InChI is InChI=1S/C13H17NO5S2/c1-10(13(16)19-3)21(17,18)14(2)8-11-7-12(20-9-11)5-4-6-15/h7,9-10,15H,6,8H2,1-3H3. The van der Waals surface area contributed by atoms with Crippen LogP contribution in [0.25, 0.3) is 0 Å². The van der Waals surface area contributed by atoms with Crippen LogP contribution in [0.15, 0.2) is 11.4 Å². The highest BCUT2D eigenvalue weighted by Gasteiger charge is 2.32. The Morgan fingerprint density at radius 2 is 2.24 bits per heavy atom. The Morgan fingerprint density at radius 1 is 1.57 bits per heavy atom. The predicted molar refractivity (Wildman–Crippen MR) is 80.1 cm³/mol. The molecule has 21 heavy (non-hydrogen) atoms. The van der Waals surface area contributed by atoms with Crippen molar-refractivity contribution in [1.82, 2.24) is 4.31 Å². The molecule has 1 rings (SSSR count). The van der Waals surface area contributed by atoms with Crippen LogP contribution in [0, 0.1) is 11.8 Å². The van der Waals surface area contributed by atoms with Crippen LogP contribution in [0.3, 0.4) is 0 Å². The summed E-state index contributed by atoms with van der Waals surface area (Å²) >= 11 is 1.36. The van der Waals surface area contributed by atoms with Crippen molar-refractivity contribution in [2.75, 3.05) is 20.8 Å². The van der Waals surface area contributed by atoms with Gasteiger partial charge in [0.1, 0.15) is 6.61 Å². The molecule has 0 aliphatic heterocycles. The Balaban J connectivity index is 2.83. The van der Waals surface area contributed by atoms with E-state index in [1.807, 2.05) is 0 Å². The number of carbonyl (C=O) groups excluding carboxylic acids is 1. The highest BCUT2D eigenvalue weighted by atomic mass is 32.2. The molecule has 0 aromatic carbocycles. The molecule has 0 aliphatic rings. The summed E-state index contributed by atoms with van der Waals surface area (Å²) in [4.78, 5) is 12.1. The van der Waals surface area contributed by atoms with Crippen LogP contribution in [-0.2, 0) is 26.1 Å². The summed E-state index contributed by atoms with van der Waals surface area (Å²) in [5.41, 5.74) is 0.769. The molecule has 0 bridgehead atoms. The first-order valence-corrected chi connectivity index (χ1v) is 8.41. The minimum atomic E-state index is -3.77. The first-order valence-electron chi connectivity index (χ1n) is 6.03. The second-order valence-electron chi connectivity index (χ2n) is 4.25. The minimum absolute atomic E-state index is 0.140. The van der Waals surface area contributed by atoms with Gasteiger partial charge in [0, 0.05) is 13.6 Å². The van der Waals surface area contributed by atoms with Crippen molar-refractivity contribution in [2.45, 2.75) is 18.7 Å². The molecule has 0 fully saturated rings. The van der Waals surface area contributed by atoms with Crippen LogP contribution in [0.4, 0.5) is 0 Å². The average molecular weight is 331 g/mol. The molecule has 1 aromatic heterocycles. The maximum atomic E-state index is 12.2. The van der Waals surface area contributed by atoms with E-state index in [2.05, 4.69) is 16.6 Å². The lowest BCUT2D eigenvalue weighted by Gasteiger charge is -2.20. The topological polar surface area (TPSA) is 83.9 Å². The van der Waals surface area contributed by atoms with Gasteiger partial charge in [-0.15, -0.1) is 11.3 Å². The quantitative estimate of drug-likeness (QED) is 0.624. The van der Waals surface area contributed by atoms with Gasteiger partial charge in [-0.25, -0.2) is 8.42 Å². The summed E-state index contributed by atoms with van der Waals surface area (Å²) < 4.78 is 29.9. The molecule has 116 valence electrons. The van der Waals surface area contributed by atoms with E-state index in [1.54, 1.807) is 11.4 Å². The Kier molecular flexibility index (Phi) is 6.36. The largest absolute Gasteiger partial charge is 0.468 e. The van der Waals surface area contributed by atoms with Gasteiger partial charge in [0.05, 0.1) is 12.0 Å². The smallest absolute Gasteiger partial charge is 0.325 e. The van der Waals surface area contributed by atoms with Gasteiger partial charge in [-0.2, -0.15) is 4.31 Å². The van der Waals surface area contributed by atoms with E-state index in [1.165, 1.54) is 25.3 Å². The highest BCUT2D eigenvalue weighted by molar-refractivity contribution is 7.90. The number of esters is 1. The third-order valence-corrected chi connectivity index (χ3v) is 5.74. The first kappa shape index (κ1) is 17.7. The van der Waals surface area contributed by atoms with E-state index in [-0.39, 0.29) is 13.2 Å². The fraction of sp³-hybridized carbons (Fsp3) is 0.462. The number of aliphatic hydroxyl groups is 1. The van der Waals surface area contributed by atoms with Crippen LogP contribution < -0.4 is 0 Å². The number of nitrogens with zero attached hydrogens (tertiary/aromatic N) is 1. The van der Waals surface area contributed by atoms with Crippen molar-refractivity contribution in [1.29, 1.82) is 0 Å². The normalized spacial score (nSPS) is 12.6. The second kappa shape index (κ2) is 7.56. The zero-order valence-corrected chi connectivity index (χ0v) is 13.6. The van der Waals surface area contributed by atoms with Gasteiger partial charge in [-0.3, -0.25) is 4.79 Å². The molecular weight excluding hydrogens is 314 g/mol. The van der Waals surface area contributed by atoms with Crippen LogP contribution >= 0.6 is 11.3 Å². The van der Waals surface area contributed by atoms with Crippen molar-refractivity contribution < 1.29 is 23.1 Å². The predicted octanol–water partition coefficient (Wildman–Crippen LogP) is 0.415. The summed E-state index contributed by atoms with van der Waals surface area (Å²) in [6, 6.07) is 1.75. The number of carbonyl (C=O) groups is 1. The Morgan fingerprint density at radius 3 is 2.81 bits per heavy atom. The number of hydrogen-bond acceptors (Lipinski definition) is 6. The monoisotopic (exact) mass is 331 g/mol. The van der Waals surface area contributed by atoms with E-state index in [0.717, 1.165) is 21.9 Å². The number of thiophene rings is 1. The van der Waals surface area contributed by atoms with Crippen molar-refractivity contribution in [2.24, 2.45) is 0 Å². The van der Waals surface area contributed by atoms with Crippen molar-refractivity contribution in [3.8, 4) is 11.8 Å². The molecular formula is C13H17NO5S2. The van der Waals surface area contributed by atoms with Gasteiger partial charge < -0.3 is 9.84 Å². The molecule has 0 radical (unpaired) electrons. The molecule has 1 unspecified atom stereocenters. The highest BCUT2D eigenvalue weighted by Crippen LogP contribution is 2.18. The maximum Gasteiger partial charge on any atom is 0.325 e. The third kappa shape index (κ3) is 4.54. The van der Waals surface area contributed by atoms with Gasteiger partial charge in [-0.1, -0.05) is 11.8 Å². The first-order chi connectivity index (χ1) is 9.82. The molecule has 1 N–H and O–H groups in total. The number of hydrogen-bond donors (Lipinski definition) is 1. The van der Waals surface area contributed by atoms with Crippen LogP contribution in [0.5, 0.6) is 0 Å². The van der Waals surface area contributed by atoms with Crippen LogP contribution in [-0.4, -0.2) is 49.8 Å². The molecule has 6 nitrogen and oxygen atoms in total. The van der Waals surface area contributed by atoms with Crippen LogP contribution in [0.2, 0.25) is 0 Å². The van der Waals surface area contributed by atoms with Gasteiger partial charge in [0.25, 0.3) is 0 Å². The Labute approximate surface area is 128 Å². The SMILES string of the molecule is COC(=O)C(C)S(=O)(=O)N(C)Cc1csc(C#CCO)c1. The zero-order valence-electron chi connectivity index (χ0n) is 12.0. The molecule has 1 aromatic rings. The summed E-state index contributed by atoms with van der Waals surface area (Å²) in [5, 5.41) is 9.16. The number of sulfonamides is 1. The van der Waals surface area contributed by atoms with Gasteiger partial charge in [0.15, 0.2) is 5.25 Å². The Bertz CT molecular complexity index is 654. The van der Waals surface area contributed by atoms with Crippen molar-refractivity contribution >= 4 is 27.3 Å². The molecule has 0 saturated heterocycles. The van der Waals surface area contributed by atoms with E-state index in [9.17, 15) is 13.2 Å². The lowest BCUT2D eigenvalue weighted by Crippen LogP contribution is -2.39. The van der Waals surface area contributed by atoms with E-state index in [0.29, 0.717) is 0 Å². The molecule has 0 amide bonds. The van der Waals surface area contributed by atoms with Crippen LogP contribution in [0.1, 0.15) is 17.4 Å². The van der Waals surface area contributed by atoms with Gasteiger partial charge in [-0.05, 0) is 23.9 Å². The van der Waals surface area contributed by atoms with Crippen molar-refractivity contribution in [3.05, 3.63) is 21.9 Å². The number of rotatable bonds is 5. The Hall–Kier alpha value is -1.40. The molecule has 0 saturated carbocycles. The summed E-state index contributed by atoms with van der Waals surface area (Å²) in [6.07, 6.45) is 0. The second-order valence-corrected chi connectivity index (χ2v) is 7.52. The zero-order chi connectivity index (χ0) is 16.0. The molecule has 0 aliphatic carbocycles. The van der Waals surface area contributed by atoms with Crippen molar-refractivity contribution in [3.63, 3.8) is 0 Å². The molecule has 8 heteroatoms. The summed E-state index contributed by atoms with van der Waals surface area (Å²) in [5.74, 6) is 4.49. The number of ether oxygens (including phenoxy) is 1. The van der Waals surface area contributed by atoms with Gasteiger partial charge in [0.2, 0.25) is 10.0 Å². The summed E-state index contributed by atoms with van der Waals surface area (Å²) in [7, 11) is -1.21.